The summed E-state index contributed by atoms with van der Waals surface area (Å²) in [7, 11) is 0. The summed E-state index contributed by atoms with van der Waals surface area (Å²) >= 11 is 5.88. The topological polar surface area (TPSA) is 140 Å². The zero-order valence-corrected chi connectivity index (χ0v) is 20.3. The summed E-state index contributed by atoms with van der Waals surface area (Å²) < 4.78 is 11.9. The van der Waals surface area contributed by atoms with E-state index in [-0.39, 0.29) is 28.6 Å². The molecule has 1 aliphatic heterocycles. The molecule has 2 aromatic heterocycles. The number of nitrogens with two attached hydrogens (primary N) is 1. The molecule has 1 atom stereocenters. The van der Waals surface area contributed by atoms with Gasteiger partial charge in [-0.2, -0.15) is 0 Å². The molecule has 0 radical (unpaired) electrons. The van der Waals surface area contributed by atoms with Crippen LogP contribution in [0.2, 0.25) is 5.15 Å². The molecule has 1 aliphatic rings. The molecule has 4 N–H and O–H groups in total. The van der Waals surface area contributed by atoms with Gasteiger partial charge in [0.25, 0.3) is 0 Å². The number of anilines is 1. The van der Waals surface area contributed by atoms with E-state index in [0.717, 1.165) is 5.56 Å². The molecule has 10 heteroatoms. The molecule has 0 saturated carbocycles. The van der Waals surface area contributed by atoms with Crippen LogP contribution in [0, 0.1) is 13.8 Å². The Morgan fingerprint density at radius 1 is 1.31 bits per heavy atom. The number of carbonyl (C=O) groups is 1. The average Bonchev–Trinajstić information content (AvgIpc) is 2.84. The summed E-state index contributed by atoms with van der Waals surface area (Å²) in [6.45, 7) is 6.69. The zero-order chi connectivity index (χ0) is 25.3. The molecule has 0 aliphatic carbocycles. The fourth-order valence-electron chi connectivity index (χ4n) is 4.10. The quantitative estimate of drug-likeness (QED) is 0.433. The Morgan fingerprint density at radius 2 is 2.09 bits per heavy atom. The van der Waals surface area contributed by atoms with E-state index in [9.17, 15) is 14.7 Å². The van der Waals surface area contributed by atoms with Gasteiger partial charge in [-0.3, -0.25) is 9.79 Å². The first-order chi connectivity index (χ1) is 16.7. The molecule has 0 spiro atoms. The van der Waals surface area contributed by atoms with Crippen molar-refractivity contribution in [2.75, 3.05) is 25.1 Å². The number of carboxylic acid groups (broad SMARTS) is 1. The molecule has 1 aromatic carbocycles. The first-order valence-corrected chi connectivity index (χ1v) is 11.4. The summed E-state index contributed by atoms with van der Waals surface area (Å²) in [4.78, 5) is 33.5. The lowest BCUT2D eigenvalue weighted by molar-refractivity contribution is 0.0691. The monoisotopic (exact) mass is 496 g/mol. The van der Waals surface area contributed by atoms with Crippen molar-refractivity contribution in [3.05, 3.63) is 74.0 Å². The summed E-state index contributed by atoms with van der Waals surface area (Å²) in [5, 5.41) is 13.2. The summed E-state index contributed by atoms with van der Waals surface area (Å²) in [5.41, 5.74) is 9.25. The maximum Gasteiger partial charge on any atom is 0.356 e. The standard InChI is InChI=1S/C25H25ClN4O5/c1-12-8-15(14(3)29-18-4-5-20(26)30-21(18)25(32)33)24-16(9-12)22(31)13(2)23(35-24)17(10-27)19-11-34-7-6-28-19/h4-5,8-10,14,29H,6-7,11,27H2,1-3H3,(H,32,33)/b17-10+. The second kappa shape index (κ2) is 9.89. The molecule has 3 aromatic rings. The summed E-state index contributed by atoms with van der Waals surface area (Å²) in [6.07, 6.45) is 1.37. The van der Waals surface area contributed by atoms with Crippen LogP contribution < -0.4 is 16.5 Å². The lowest BCUT2D eigenvalue weighted by Gasteiger charge is -2.20. The van der Waals surface area contributed by atoms with Crippen LogP contribution in [-0.2, 0) is 4.74 Å². The van der Waals surface area contributed by atoms with Gasteiger partial charge < -0.3 is 25.3 Å². The molecular weight excluding hydrogens is 472 g/mol. The largest absolute Gasteiger partial charge is 0.476 e. The van der Waals surface area contributed by atoms with Crippen LogP contribution in [-0.4, -0.2) is 41.5 Å². The normalized spacial score (nSPS) is 15.1. The first kappa shape index (κ1) is 24.4. The smallest absolute Gasteiger partial charge is 0.356 e. The van der Waals surface area contributed by atoms with E-state index >= 15 is 0 Å². The minimum Gasteiger partial charge on any atom is -0.476 e. The Kier molecular flexibility index (Phi) is 6.90. The summed E-state index contributed by atoms with van der Waals surface area (Å²) in [6, 6.07) is 6.27. The van der Waals surface area contributed by atoms with Crippen LogP contribution in [0.25, 0.3) is 16.5 Å². The minimum absolute atomic E-state index is 0.0726. The van der Waals surface area contributed by atoms with Crippen molar-refractivity contribution in [1.82, 2.24) is 4.98 Å². The van der Waals surface area contributed by atoms with Crippen molar-refractivity contribution in [3.8, 4) is 0 Å². The number of ether oxygens (including phenoxy) is 1. The second-order valence-corrected chi connectivity index (χ2v) is 8.67. The third-order valence-electron chi connectivity index (χ3n) is 5.79. The zero-order valence-electron chi connectivity index (χ0n) is 19.5. The Labute approximate surface area is 206 Å². The van der Waals surface area contributed by atoms with E-state index in [1.807, 2.05) is 19.9 Å². The lowest BCUT2D eigenvalue weighted by atomic mass is 9.98. The highest BCUT2D eigenvalue weighted by molar-refractivity contribution is 6.29. The van der Waals surface area contributed by atoms with E-state index in [4.69, 9.17) is 26.5 Å². The van der Waals surface area contributed by atoms with Crippen molar-refractivity contribution >= 4 is 45.5 Å². The van der Waals surface area contributed by atoms with Gasteiger partial charge in [0.15, 0.2) is 11.1 Å². The van der Waals surface area contributed by atoms with Crippen molar-refractivity contribution in [1.29, 1.82) is 0 Å². The van der Waals surface area contributed by atoms with Crippen LogP contribution in [0.1, 0.15) is 45.9 Å². The lowest BCUT2D eigenvalue weighted by Crippen LogP contribution is -2.22. The van der Waals surface area contributed by atoms with E-state index in [1.165, 1.54) is 12.3 Å². The number of benzene rings is 1. The number of nitrogens with zero attached hydrogens (tertiary/aromatic N) is 2. The van der Waals surface area contributed by atoms with Gasteiger partial charge in [0.1, 0.15) is 16.5 Å². The van der Waals surface area contributed by atoms with E-state index in [2.05, 4.69) is 15.3 Å². The van der Waals surface area contributed by atoms with Gasteiger partial charge >= 0.3 is 5.97 Å². The third-order valence-corrected chi connectivity index (χ3v) is 6.00. The molecular formula is C25H25ClN4O5. The van der Waals surface area contributed by atoms with Crippen LogP contribution in [0.5, 0.6) is 0 Å². The number of pyridine rings is 1. The van der Waals surface area contributed by atoms with Crippen LogP contribution in [0.3, 0.4) is 0 Å². The predicted molar refractivity (Wildman–Crippen MR) is 135 cm³/mol. The molecule has 9 nitrogen and oxygen atoms in total. The molecule has 0 saturated heterocycles. The van der Waals surface area contributed by atoms with Gasteiger partial charge in [0.05, 0.1) is 48.2 Å². The Bertz CT molecular complexity index is 1440. The van der Waals surface area contributed by atoms with Gasteiger partial charge in [0.2, 0.25) is 0 Å². The number of aliphatic imine (C=N–C) groups is 1. The number of aromatic carboxylic acids is 1. The Balaban J connectivity index is 1.87. The van der Waals surface area contributed by atoms with Crippen LogP contribution in [0.4, 0.5) is 5.69 Å². The van der Waals surface area contributed by atoms with Gasteiger partial charge in [-0.25, -0.2) is 9.78 Å². The highest BCUT2D eigenvalue weighted by Gasteiger charge is 2.23. The van der Waals surface area contributed by atoms with Crippen molar-refractivity contribution in [3.63, 3.8) is 0 Å². The maximum atomic E-state index is 13.4. The van der Waals surface area contributed by atoms with Gasteiger partial charge in [0, 0.05) is 17.3 Å². The van der Waals surface area contributed by atoms with Crippen LogP contribution in [0.15, 0.2) is 44.7 Å². The van der Waals surface area contributed by atoms with E-state index < -0.39 is 12.0 Å². The number of fused-ring (bicyclic) bond motifs is 1. The Morgan fingerprint density at radius 3 is 2.74 bits per heavy atom. The number of carboxylic acids is 1. The number of hydrogen-bond donors (Lipinski definition) is 3. The SMILES string of the molecule is Cc1cc(C(C)Nc2ccc(Cl)nc2C(=O)O)c2oc(/C(=C/N)C3=NCCOC3)c(C)c(=O)c2c1. The number of aromatic nitrogens is 1. The molecule has 0 bridgehead atoms. The van der Waals surface area contributed by atoms with E-state index in [0.29, 0.717) is 52.3 Å². The fourth-order valence-corrected chi connectivity index (χ4v) is 4.24. The fraction of sp³-hybridized carbons (Fsp3) is 0.280. The van der Waals surface area contributed by atoms with Crippen molar-refractivity contribution in [2.24, 2.45) is 10.7 Å². The maximum absolute atomic E-state index is 13.4. The van der Waals surface area contributed by atoms with E-state index in [1.54, 1.807) is 19.1 Å². The first-order valence-electron chi connectivity index (χ1n) is 11.0. The Hall–Kier alpha value is -3.69. The van der Waals surface area contributed by atoms with Crippen molar-refractivity contribution < 1.29 is 19.1 Å². The number of rotatable bonds is 6. The molecule has 35 heavy (non-hydrogen) atoms. The highest BCUT2D eigenvalue weighted by Crippen LogP contribution is 2.32. The molecule has 0 amide bonds. The molecule has 3 heterocycles. The summed E-state index contributed by atoms with van der Waals surface area (Å²) in [5.74, 6) is -0.889. The highest BCUT2D eigenvalue weighted by atomic mass is 35.5. The minimum atomic E-state index is -1.21. The number of nitrogens with one attached hydrogen (secondary N) is 1. The number of halogens is 1. The molecule has 1 unspecified atom stereocenters. The molecule has 0 fully saturated rings. The van der Waals surface area contributed by atoms with Crippen molar-refractivity contribution in [2.45, 2.75) is 26.8 Å². The third kappa shape index (κ3) is 4.78. The molecule has 4 rings (SSSR count). The van der Waals surface area contributed by atoms with Gasteiger partial charge in [-0.15, -0.1) is 0 Å². The predicted octanol–water partition coefficient (Wildman–Crippen LogP) is 4.10. The molecule has 182 valence electrons. The second-order valence-electron chi connectivity index (χ2n) is 8.28. The van der Waals surface area contributed by atoms with Crippen LogP contribution >= 0.6 is 11.6 Å². The van der Waals surface area contributed by atoms with Gasteiger partial charge in [-0.05, 0) is 44.5 Å². The number of aryl methyl sites for hydroxylation is 1. The van der Waals surface area contributed by atoms with Gasteiger partial charge in [-0.1, -0.05) is 17.7 Å². The average molecular weight is 497 g/mol. The number of hydrogen-bond acceptors (Lipinski definition) is 8.